The molecule has 1 fully saturated rings. The summed E-state index contributed by atoms with van der Waals surface area (Å²) in [6.45, 7) is 9.42. The quantitative estimate of drug-likeness (QED) is 0.291. The lowest BCUT2D eigenvalue weighted by atomic mass is 10.1. The van der Waals surface area contributed by atoms with Crippen molar-refractivity contribution in [2.24, 2.45) is 5.92 Å². The maximum atomic E-state index is 13.2. The van der Waals surface area contributed by atoms with Crippen molar-refractivity contribution in [3.8, 4) is 0 Å². The van der Waals surface area contributed by atoms with Crippen LogP contribution in [-0.2, 0) is 16.1 Å². The van der Waals surface area contributed by atoms with Crippen LogP contribution in [0, 0.1) is 5.92 Å². The Morgan fingerprint density at radius 2 is 1.74 bits per heavy atom. The number of hydrogen-bond acceptors (Lipinski definition) is 7. The molecule has 4 rings (SSSR count). The first-order valence-corrected chi connectivity index (χ1v) is 12.5. The van der Waals surface area contributed by atoms with E-state index in [1.165, 1.54) is 11.8 Å². The van der Waals surface area contributed by atoms with Gasteiger partial charge >= 0.3 is 0 Å². The van der Waals surface area contributed by atoms with Crippen LogP contribution in [0.2, 0.25) is 0 Å². The topological polar surface area (TPSA) is 84.4 Å². The fraction of sp³-hybridized carbons (Fsp3) is 0.385. The monoisotopic (exact) mass is 478 g/mol. The van der Waals surface area contributed by atoms with Gasteiger partial charge in [0.15, 0.2) is 5.78 Å². The fourth-order valence-electron chi connectivity index (χ4n) is 3.67. The molecule has 0 bridgehead atoms. The molecule has 1 saturated heterocycles. The Morgan fingerprint density at radius 3 is 2.44 bits per heavy atom. The number of ether oxygens (including phenoxy) is 1. The van der Waals surface area contributed by atoms with E-state index < -0.39 is 0 Å². The lowest BCUT2D eigenvalue weighted by Gasteiger charge is -2.26. The molecule has 0 saturated carbocycles. The van der Waals surface area contributed by atoms with Crippen LogP contribution in [0.3, 0.4) is 0 Å². The Hall–Kier alpha value is -2.81. The number of nitrogens with one attached hydrogen (secondary N) is 1. The largest absolute Gasteiger partial charge is 0.379 e. The number of anilines is 1. The van der Waals surface area contributed by atoms with E-state index in [1.807, 2.05) is 45.0 Å². The number of benzene rings is 2. The highest BCUT2D eigenvalue weighted by Crippen LogP contribution is 2.30. The second kappa shape index (κ2) is 11.1. The van der Waals surface area contributed by atoms with E-state index in [-0.39, 0.29) is 22.9 Å². The van der Waals surface area contributed by atoms with Crippen molar-refractivity contribution in [3.05, 3.63) is 59.9 Å². The normalized spacial score (nSPS) is 15.4. The summed E-state index contributed by atoms with van der Waals surface area (Å²) in [5, 5.41) is 4.29. The van der Waals surface area contributed by atoms with Crippen LogP contribution in [0.5, 0.6) is 0 Å². The highest BCUT2D eigenvalue weighted by atomic mass is 32.2. The Labute approximate surface area is 204 Å². The van der Waals surface area contributed by atoms with Crippen molar-refractivity contribution in [3.63, 3.8) is 0 Å². The molecule has 0 spiro atoms. The Morgan fingerprint density at radius 1 is 1.03 bits per heavy atom. The Kier molecular flexibility index (Phi) is 7.92. The van der Waals surface area contributed by atoms with Gasteiger partial charge in [-0.3, -0.25) is 14.5 Å². The van der Waals surface area contributed by atoms with Gasteiger partial charge in [0.2, 0.25) is 5.91 Å². The molecule has 0 aliphatic carbocycles. The molecule has 7 nitrogen and oxygen atoms in total. The number of carbonyl (C=O) groups is 2. The first-order chi connectivity index (χ1) is 16.4. The lowest BCUT2D eigenvalue weighted by molar-refractivity contribution is -0.118. The van der Waals surface area contributed by atoms with Crippen LogP contribution in [0.1, 0.15) is 37.0 Å². The van der Waals surface area contributed by atoms with Crippen LogP contribution in [0.4, 0.5) is 5.69 Å². The number of morpholine rings is 1. The molecule has 1 aromatic heterocycles. The summed E-state index contributed by atoms with van der Waals surface area (Å²) in [6.07, 6.45) is 0. The number of Topliss-reactive ketones (excluding diaryl/α,β-unsaturated/α-hetero) is 1. The molecule has 2 heterocycles. The number of thioether (sulfide) groups is 1. The van der Waals surface area contributed by atoms with Gasteiger partial charge in [0, 0.05) is 35.6 Å². The molecule has 1 amide bonds. The molecule has 1 aliphatic heterocycles. The number of fused-ring (bicyclic) bond motifs is 1. The molecule has 178 valence electrons. The zero-order valence-corrected chi connectivity index (χ0v) is 20.6. The number of ketones is 1. The van der Waals surface area contributed by atoms with Crippen LogP contribution in [0.25, 0.3) is 10.9 Å². The number of carbonyl (C=O) groups excluding carboxylic acids is 2. The molecule has 3 aromatic rings. The number of para-hydroxylation sites is 1. The molecule has 34 heavy (non-hydrogen) atoms. The lowest BCUT2D eigenvalue weighted by Crippen LogP contribution is -2.36. The third-order valence-electron chi connectivity index (χ3n) is 5.70. The minimum Gasteiger partial charge on any atom is -0.379 e. The van der Waals surface area contributed by atoms with Crippen molar-refractivity contribution >= 4 is 40.0 Å². The van der Waals surface area contributed by atoms with Gasteiger partial charge in [-0.15, -0.1) is 0 Å². The zero-order valence-electron chi connectivity index (χ0n) is 19.8. The predicted octanol–water partition coefficient (Wildman–Crippen LogP) is 4.42. The average Bonchev–Trinajstić information content (AvgIpc) is 2.84. The molecular formula is C26H30N4O3S. The van der Waals surface area contributed by atoms with E-state index in [0.29, 0.717) is 17.8 Å². The van der Waals surface area contributed by atoms with Gasteiger partial charge in [-0.05, 0) is 37.3 Å². The summed E-state index contributed by atoms with van der Waals surface area (Å²) in [5.41, 5.74) is 2.17. The molecule has 0 radical (unpaired) electrons. The number of aromatic nitrogens is 2. The predicted molar refractivity (Wildman–Crippen MR) is 135 cm³/mol. The van der Waals surface area contributed by atoms with Gasteiger partial charge in [-0.1, -0.05) is 43.8 Å². The number of amides is 1. The summed E-state index contributed by atoms with van der Waals surface area (Å²) in [6, 6.07) is 15.0. The molecular weight excluding hydrogens is 448 g/mol. The van der Waals surface area contributed by atoms with Gasteiger partial charge in [0.25, 0.3) is 0 Å². The van der Waals surface area contributed by atoms with E-state index in [0.717, 1.165) is 48.1 Å². The molecule has 1 N–H and O–H groups in total. The van der Waals surface area contributed by atoms with Crippen molar-refractivity contribution in [1.29, 1.82) is 0 Å². The van der Waals surface area contributed by atoms with E-state index in [4.69, 9.17) is 14.7 Å². The summed E-state index contributed by atoms with van der Waals surface area (Å²) in [5.74, 6) is 0.622. The number of nitrogens with zero attached hydrogens (tertiary/aromatic N) is 3. The fourth-order valence-corrected chi connectivity index (χ4v) is 4.71. The molecule has 1 atom stereocenters. The van der Waals surface area contributed by atoms with Crippen molar-refractivity contribution in [2.75, 3.05) is 31.6 Å². The van der Waals surface area contributed by atoms with Gasteiger partial charge in [-0.25, -0.2) is 9.97 Å². The highest BCUT2D eigenvalue weighted by molar-refractivity contribution is 8.00. The molecule has 2 aromatic carbocycles. The second-order valence-electron chi connectivity index (χ2n) is 8.70. The average molecular weight is 479 g/mol. The van der Waals surface area contributed by atoms with Crippen LogP contribution in [0.15, 0.2) is 53.6 Å². The number of rotatable bonds is 8. The summed E-state index contributed by atoms with van der Waals surface area (Å²) in [4.78, 5) is 36.9. The van der Waals surface area contributed by atoms with E-state index >= 15 is 0 Å². The first kappa shape index (κ1) is 24.3. The molecule has 0 unspecified atom stereocenters. The second-order valence-corrected chi connectivity index (χ2v) is 10.0. The van der Waals surface area contributed by atoms with Crippen molar-refractivity contribution in [2.45, 2.75) is 37.6 Å². The van der Waals surface area contributed by atoms with Crippen molar-refractivity contribution < 1.29 is 14.3 Å². The summed E-state index contributed by atoms with van der Waals surface area (Å²) in [7, 11) is 0. The van der Waals surface area contributed by atoms with Gasteiger partial charge < -0.3 is 10.1 Å². The van der Waals surface area contributed by atoms with E-state index in [1.54, 1.807) is 24.3 Å². The van der Waals surface area contributed by atoms with Gasteiger partial charge in [0.1, 0.15) is 10.9 Å². The molecule has 8 heteroatoms. The minimum atomic E-state index is -0.328. The van der Waals surface area contributed by atoms with Gasteiger partial charge in [0.05, 0.1) is 30.5 Å². The Bertz CT molecular complexity index is 1160. The highest BCUT2D eigenvalue weighted by Gasteiger charge is 2.21. The third-order valence-corrected chi connectivity index (χ3v) is 6.80. The SMILES string of the molecule is CC(C)C(=O)Nc1ccc(C(=O)[C@@H](C)Sc2nc(CN3CCOCC3)nc3ccccc23)cc1. The van der Waals surface area contributed by atoms with Crippen LogP contribution >= 0.6 is 11.8 Å². The summed E-state index contributed by atoms with van der Waals surface area (Å²) < 4.78 is 5.44. The maximum absolute atomic E-state index is 13.2. The third kappa shape index (κ3) is 6.00. The van der Waals surface area contributed by atoms with Crippen LogP contribution < -0.4 is 5.32 Å². The van der Waals surface area contributed by atoms with Crippen LogP contribution in [-0.4, -0.2) is 58.1 Å². The minimum absolute atomic E-state index is 0.0177. The van der Waals surface area contributed by atoms with E-state index in [9.17, 15) is 9.59 Å². The first-order valence-electron chi connectivity index (χ1n) is 11.6. The standard InChI is InChI=1S/C26H30N4O3S/c1-17(2)25(32)27-20-10-8-19(9-11-20)24(31)18(3)34-26-21-6-4-5-7-22(21)28-23(29-26)16-30-12-14-33-15-13-30/h4-11,17-18H,12-16H2,1-3H3,(H,27,32)/t18-/m1/s1. The maximum Gasteiger partial charge on any atom is 0.226 e. The zero-order chi connectivity index (χ0) is 24.1. The smallest absolute Gasteiger partial charge is 0.226 e. The Balaban J connectivity index is 1.50. The number of hydrogen-bond donors (Lipinski definition) is 1. The van der Waals surface area contributed by atoms with E-state index in [2.05, 4.69) is 10.2 Å². The molecule has 1 aliphatic rings. The van der Waals surface area contributed by atoms with Gasteiger partial charge in [-0.2, -0.15) is 0 Å². The van der Waals surface area contributed by atoms with Crippen molar-refractivity contribution in [1.82, 2.24) is 14.9 Å². The summed E-state index contributed by atoms with van der Waals surface area (Å²) >= 11 is 1.46.